The van der Waals surface area contributed by atoms with Crippen LogP contribution in [0.1, 0.15) is 74.3 Å². The Morgan fingerprint density at radius 1 is 0.816 bits per heavy atom. The summed E-state index contributed by atoms with van der Waals surface area (Å²) in [6.45, 7) is 0. The number of nitrogens with zero attached hydrogens (tertiary/aromatic N) is 1. The Kier molecular flexibility index (Phi) is 10.8. The second kappa shape index (κ2) is 13.8. The largest absolute Gasteiger partial charge is 0.513 e. The number of nitro benzene ring substituents is 1. The first kappa shape index (κ1) is 29.7. The number of hydrogen-bond donors (Lipinski definition) is 1. The number of hydrogen-bond acceptors (Lipinski definition) is 9. The highest BCUT2D eigenvalue weighted by Crippen LogP contribution is 2.43. The van der Waals surface area contributed by atoms with E-state index in [1.165, 1.54) is 33.1 Å². The van der Waals surface area contributed by atoms with Crippen LogP contribution in [0.2, 0.25) is 0 Å². The molecule has 0 bridgehead atoms. The molecule has 12 heteroatoms. The molecule has 0 spiro atoms. The number of ether oxygens (including phenoxy) is 4. The molecule has 2 saturated carbocycles. The molecule has 0 aromatic heterocycles. The van der Waals surface area contributed by atoms with E-state index in [1.54, 1.807) is 12.1 Å². The normalized spacial score (nSPS) is 15.4. The number of rotatable bonds is 5. The Balaban J connectivity index is 0.000000212. The minimum atomic E-state index is -0.874. The van der Waals surface area contributed by atoms with Crippen molar-refractivity contribution in [2.24, 2.45) is 0 Å². The number of carbonyl (C=O) groups is 2. The summed E-state index contributed by atoms with van der Waals surface area (Å²) < 4.78 is 20.5. The maximum absolute atomic E-state index is 11.3. The monoisotopic (exact) mass is 656 g/mol. The standard InChI is InChI=1S/C13H14BrNO5.C13H16BrNO3/c1-19-13(16)20-12-7-11(15(17)18)10(14)6-9(12)8-4-2-3-5-8;1-17-13(16)18-12-7-11(15)10(14)6-9(12)8-4-2-3-5-8/h6-8H,2-5H2,1H3;6-8H,2-5,15H2,1H3. The summed E-state index contributed by atoms with van der Waals surface area (Å²) in [5.74, 6) is 1.40. The van der Waals surface area contributed by atoms with Crippen molar-refractivity contribution in [2.45, 2.75) is 63.2 Å². The first-order chi connectivity index (χ1) is 18.1. The minimum absolute atomic E-state index is 0.134. The zero-order valence-electron chi connectivity index (χ0n) is 21.2. The van der Waals surface area contributed by atoms with Crippen LogP contribution in [-0.4, -0.2) is 31.5 Å². The fourth-order valence-electron chi connectivity index (χ4n) is 4.83. The lowest BCUT2D eigenvalue weighted by atomic mass is 9.96. The Morgan fingerprint density at radius 3 is 1.66 bits per heavy atom. The van der Waals surface area contributed by atoms with E-state index >= 15 is 0 Å². The molecule has 2 aliphatic rings. The van der Waals surface area contributed by atoms with E-state index in [1.807, 2.05) is 6.07 Å². The van der Waals surface area contributed by atoms with Crippen molar-refractivity contribution in [1.82, 2.24) is 0 Å². The van der Waals surface area contributed by atoms with E-state index in [2.05, 4.69) is 41.3 Å². The fraction of sp³-hybridized carbons (Fsp3) is 0.462. The van der Waals surface area contributed by atoms with Crippen molar-refractivity contribution in [3.8, 4) is 11.5 Å². The molecule has 2 fully saturated rings. The van der Waals surface area contributed by atoms with Gasteiger partial charge in [-0.15, -0.1) is 0 Å². The van der Waals surface area contributed by atoms with Crippen LogP contribution in [0.3, 0.4) is 0 Å². The number of anilines is 1. The summed E-state index contributed by atoms with van der Waals surface area (Å²) in [7, 11) is 2.49. The number of carbonyl (C=O) groups excluding carboxylic acids is 2. The molecule has 4 rings (SSSR count). The molecule has 0 heterocycles. The molecule has 2 aromatic carbocycles. The number of halogens is 2. The van der Waals surface area contributed by atoms with E-state index in [9.17, 15) is 19.7 Å². The smallest absolute Gasteiger partial charge is 0.437 e. The SMILES string of the molecule is COC(=O)Oc1cc(N)c(Br)cc1C1CCCC1.COC(=O)Oc1cc([N+](=O)[O-])c(Br)cc1C1CCCC1. The summed E-state index contributed by atoms with van der Waals surface area (Å²) in [4.78, 5) is 33.0. The third kappa shape index (κ3) is 7.59. The Bertz CT molecular complexity index is 1180. The lowest BCUT2D eigenvalue weighted by Crippen LogP contribution is -2.10. The molecule has 0 unspecified atom stereocenters. The van der Waals surface area contributed by atoms with Gasteiger partial charge in [-0.3, -0.25) is 10.1 Å². The van der Waals surface area contributed by atoms with Gasteiger partial charge in [-0.2, -0.15) is 0 Å². The lowest BCUT2D eigenvalue weighted by molar-refractivity contribution is -0.385. The second-order valence-electron chi connectivity index (χ2n) is 9.09. The number of nitrogens with two attached hydrogens (primary N) is 1. The topological polar surface area (TPSA) is 140 Å². The van der Waals surface area contributed by atoms with Gasteiger partial charge in [0.05, 0.1) is 29.7 Å². The first-order valence-electron chi connectivity index (χ1n) is 12.2. The van der Waals surface area contributed by atoms with E-state index < -0.39 is 17.2 Å². The zero-order chi connectivity index (χ0) is 27.8. The third-order valence-electron chi connectivity index (χ3n) is 6.71. The van der Waals surface area contributed by atoms with Crippen LogP contribution < -0.4 is 15.2 Å². The van der Waals surface area contributed by atoms with E-state index in [-0.39, 0.29) is 17.4 Å². The maximum Gasteiger partial charge on any atom is 0.513 e. The molecular formula is C26H30Br2N2O8. The molecule has 10 nitrogen and oxygen atoms in total. The highest BCUT2D eigenvalue weighted by molar-refractivity contribution is 9.11. The van der Waals surface area contributed by atoms with Crippen molar-refractivity contribution in [3.63, 3.8) is 0 Å². The van der Waals surface area contributed by atoms with Gasteiger partial charge in [-0.25, -0.2) is 9.59 Å². The van der Waals surface area contributed by atoms with Gasteiger partial charge < -0.3 is 24.7 Å². The molecule has 2 aliphatic carbocycles. The molecular weight excluding hydrogens is 628 g/mol. The molecule has 206 valence electrons. The summed E-state index contributed by atoms with van der Waals surface area (Å²) in [6.07, 6.45) is 7.27. The molecule has 0 aliphatic heterocycles. The lowest BCUT2D eigenvalue weighted by Gasteiger charge is -2.16. The van der Waals surface area contributed by atoms with E-state index in [0.29, 0.717) is 21.8 Å². The predicted molar refractivity (Wildman–Crippen MR) is 148 cm³/mol. The Morgan fingerprint density at radius 2 is 1.24 bits per heavy atom. The van der Waals surface area contributed by atoms with E-state index in [4.69, 9.17) is 15.2 Å². The third-order valence-corrected chi connectivity index (χ3v) is 8.04. The Labute approximate surface area is 237 Å². The maximum atomic E-state index is 11.3. The summed E-state index contributed by atoms with van der Waals surface area (Å²) in [5.41, 5.74) is 8.08. The van der Waals surface area contributed by atoms with Crippen LogP contribution >= 0.6 is 31.9 Å². The molecule has 0 saturated heterocycles. The van der Waals surface area contributed by atoms with Gasteiger partial charge in [0.1, 0.15) is 11.5 Å². The van der Waals surface area contributed by atoms with Gasteiger partial charge in [0.15, 0.2) is 0 Å². The van der Waals surface area contributed by atoms with Crippen LogP contribution in [0.25, 0.3) is 0 Å². The molecule has 0 atom stereocenters. The van der Waals surface area contributed by atoms with Gasteiger partial charge in [0, 0.05) is 16.2 Å². The quantitative estimate of drug-likeness (QED) is 0.111. The van der Waals surface area contributed by atoms with Gasteiger partial charge in [-0.1, -0.05) is 25.7 Å². The van der Waals surface area contributed by atoms with Crippen LogP contribution in [0.15, 0.2) is 33.2 Å². The van der Waals surface area contributed by atoms with E-state index in [0.717, 1.165) is 54.1 Å². The minimum Gasteiger partial charge on any atom is -0.437 e. The van der Waals surface area contributed by atoms with Crippen molar-refractivity contribution < 1.29 is 33.5 Å². The molecule has 2 aromatic rings. The van der Waals surface area contributed by atoms with Crippen molar-refractivity contribution >= 4 is 55.5 Å². The van der Waals surface area contributed by atoms with Crippen LogP contribution in [-0.2, 0) is 9.47 Å². The van der Waals surface area contributed by atoms with Gasteiger partial charge in [0.2, 0.25) is 0 Å². The fourth-order valence-corrected chi connectivity index (χ4v) is 5.70. The predicted octanol–water partition coefficient (Wildman–Crippen LogP) is 7.99. The van der Waals surface area contributed by atoms with Gasteiger partial charge >= 0.3 is 12.3 Å². The second-order valence-corrected chi connectivity index (χ2v) is 10.8. The number of nitrogen functional groups attached to an aromatic ring is 1. The number of methoxy groups -OCH3 is 2. The highest BCUT2D eigenvalue weighted by Gasteiger charge is 2.27. The van der Waals surface area contributed by atoms with Gasteiger partial charge in [-0.05, 0) is 92.6 Å². The van der Waals surface area contributed by atoms with Gasteiger partial charge in [0.25, 0.3) is 5.69 Å². The number of nitro groups is 1. The molecule has 0 amide bonds. The summed E-state index contributed by atoms with van der Waals surface area (Å²) in [6, 6.07) is 6.57. The summed E-state index contributed by atoms with van der Waals surface area (Å²) >= 11 is 6.61. The van der Waals surface area contributed by atoms with Crippen LogP contribution in [0.5, 0.6) is 11.5 Å². The zero-order valence-corrected chi connectivity index (χ0v) is 24.3. The molecule has 2 N–H and O–H groups in total. The van der Waals surface area contributed by atoms with Crippen molar-refractivity contribution in [1.29, 1.82) is 0 Å². The first-order valence-corrected chi connectivity index (χ1v) is 13.8. The highest BCUT2D eigenvalue weighted by atomic mass is 79.9. The van der Waals surface area contributed by atoms with Crippen molar-refractivity contribution in [3.05, 3.63) is 54.5 Å². The average molecular weight is 658 g/mol. The molecule has 38 heavy (non-hydrogen) atoms. The number of benzene rings is 2. The average Bonchev–Trinajstić information content (AvgIpc) is 3.62. The molecule has 0 radical (unpaired) electrons. The summed E-state index contributed by atoms with van der Waals surface area (Å²) in [5, 5.41) is 11.0. The van der Waals surface area contributed by atoms with Crippen LogP contribution in [0, 0.1) is 10.1 Å². The van der Waals surface area contributed by atoms with Crippen LogP contribution in [0.4, 0.5) is 21.0 Å². The Hall–Kier alpha value is -2.86. The van der Waals surface area contributed by atoms with Crippen molar-refractivity contribution in [2.75, 3.05) is 20.0 Å².